The fourth-order valence-corrected chi connectivity index (χ4v) is 8.91. The number of nitrogens with zero attached hydrogens (tertiary/aromatic N) is 4. The summed E-state index contributed by atoms with van der Waals surface area (Å²) in [6.45, 7) is 0. The van der Waals surface area contributed by atoms with Crippen LogP contribution in [0.15, 0.2) is 167 Å². The second-order valence-corrected chi connectivity index (χ2v) is 14.3. The molecule has 2 aliphatic heterocycles. The lowest BCUT2D eigenvalue weighted by atomic mass is 9.78. The van der Waals surface area contributed by atoms with Crippen LogP contribution in [0, 0.1) is 0 Å². The third kappa shape index (κ3) is 4.30. The average molecular weight is 691 g/mol. The van der Waals surface area contributed by atoms with Crippen LogP contribution in [0.25, 0.3) is 89.8 Å². The SMILES string of the molecule is C1=c2oc3ccccc3c2=CC2=NC3c4ccccc4-c4cc(-c5nc(-c6cccc7ccccc67)cc(-c6cccc7ccccc67)n5)ccc4C3N12. The topological polar surface area (TPSA) is 54.5 Å². The third-order valence-electron chi connectivity index (χ3n) is 11.4. The van der Waals surface area contributed by atoms with E-state index in [4.69, 9.17) is 19.4 Å². The van der Waals surface area contributed by atoms with E-state index in [1.54, 1.807) is 0 Å². The Morgan fingerprint density at radius 3 is 1.91 bits per heavy atom. The van der Waals surface area contributed by atoms with Gasteiger partial charge in [0.2, 0.25) is 0 Å². The van der Waals surface area contributed by atoms with E-state index in [0.29, 0.717) is 5.82 Å². The molecule has 0 spiro atoms. The predicted octanol–water partition coefficient (Wildman–Crippen LogP) is 10.2. The molecule has 2 unspecified atom stereocenters. The van der Waals surface area contributed by atoms with Crippen molar-refractivity contribution in [2.75, 3.05) is 0 Å². The number of benzene rings is 7. The summed E-state index contributed by atoms with van der Waals surface area (Å²) in [6.07, 6.45) is 4.34. The van der Waals surface area contributed by atoms with Crippen LogP contribution in [0.4, 0.5) is 0 Å². The van der Waals surface area contributed by atoms with Gasteiger partial charge in [-0.15, -0.1) is 0 Å². The molecule has 9 aromatic rings. The van der Waals surface area contributed by atoms with Crippen LogP contribution in [0.1, 0.15) is 23.2 Å². The first-order valence-electron chi connectivity index (χ1n) is 18.4. The first kappa shape index (κ1) is 29.5. The standard InChI is InChI=1S/C49H30N4O/c1-3-15-32-29(11-1)13-9-20-35(32)42-27-43(36-21-10-14-30-12-2-4-16-33(30)36)51-49(50-42)31-23-24-39-40(25-31)34-17-5-6-19-38(34)47-48(39)53-28-45-41(26-46(53)52-47)37-18-7-8-22-44(37)54-45/h1-28,47-48H. The van der Waals surface area contributed by atoms with Gasteiger partial charge >= 0.3 is 0 Å². The smallest absolute Gasteiger partial charge is 0.160 e. The van der Waals surface area contributed by atoms with Crippen molar-refractivity contribution in [2.45, 2.75) is 12.1 Å². The third-order valence-corrected chi connectivity index (χ3v) is 11.4. The number of aliphatic imine (C=N–C) groups is 1. The van der Waals surface area contributed by atoms with Crippen molar-refractivity contribution >= 4 is 50.6 Å². The Hall–Kier alpha value is -7.11. The molecule has 252 valence electrons. The summed E-state index contributed by atoms with van der Waals surface area (Å²) in [5, 5.41) is 6.90. The van der Waals surface area contributed by atoms with Gasteiger partial charge in [0.15, 0.2) is 11.2 Å². The molecule has 5 nitrogen and oxygen atoms in total. The van der Waals surface area contributed by atoms with Crippen molar-refractivity contribution in [1.29, 1.82) is 0 Å². The van der Waals surface area contributed by atoms with E-state index in [-0.39, 0.29) is 12.1 Å². The molecule has 0 fully saturated rings. The molecule has 4 heterocycles. The average Bonchev–Trinajstić information content (AvgIpc) is 3.80. The molecule has 0 N–H and O–H groups in total. The van der Waals surface area contributed by atoms with E-state index in [1.165, 1.54) is 33.0 Å². The molecule has 7 aromatic carbocycles. The summed E-state index contributed by atoms with van der Waals surface area (Å²) < 4.78 is 6.36. The molecule has 1 aliphatic carbocycles. The number of aromatic nitrogens is 2. The minimum absolute atomic E-state index is 0.00857. The maximum Gasteiger partial charge on any atom is 0.160 e. The highest BCUT2D eigenvalue weighted by Crippen LogP contribution is 2.53. The van der Waals surface area contributed by atoms with Crippen LogP contribution in [-0.4, -0.2) is 20.7 Å². The molecule has 0 radical (unpaired) electrons. The molecule has 54 heavy (non-hydrogen) atoms. The van der Waals surface area contributed by atoms with Gasteiger partial charge in [0, 0.05) is 33.5 Å². The van der Waals surface area contributed by atoms with Crippen LogP contribution < -0.4 is 10.6 Å². The van der Waals surface area contributed by atoms with Gasteiger partial charge in [0.25, 0.3) is 0 Å². The first-order chi connectivity index (χ1) is 26.7. The number of para-hydroxylation sites is 1. The summed E-state index contributed by atoms with van der Waals surface area (Å²) in [6, 6.07) is 55.7. The fraction of sp³-hybridized carbons (Fsp3) is 0.0408. The maximum atomic E-state index is 6.36. The second-order valence-electron chi connectivity index (χ2n) is 14.3. The van der Waals surface area contributed by atoms with Crippen molar-refractivity contribution in [3.8, 4) is 45.0 Å². The largest absolute Gasteiger partial charge is 0.455 e. The van der Waals surface area contributed by atoms with Crippen LogP contribution in [0.5, 0.6) is 0 Å². The number of hydrogen-bond acceptors (Lipinski definition) is 5. The fourth-order valence-electron chi connectivity index (χ4n) is 8.91. The molecule has 2 aromatic heterocycles. The van der Waals surface area contributed by atoms with Crippen LogP contribution >= 0.6 is 0 Å². The predicted molar refractivity (Wildman–Crippen MR) is 218 cm³/mol. The second kappa shape index (κ2) is 11.2. The lowest BCUT2D eigenvalue weighted by Gasteiger charge is -2.34. The van der Waals surface area contributed by atoms with Gasteiger partial charge in [-0.05, 0) is 68.1 Å². The quantitative estimate of drug-likeness (QED) is 0.185. The van der Waals surface area contributed by atoms with Gasteiger partial charge < -0.3 is 9.32 Å². The highest BCUT2D eigenvalue weighted by atomic mass is 16.3. The Kier molecular flexibility index (Phi) is 6.11. The summed E-state index contributed by atoms with van der Waals surface area (Å²) in [5.74, 6) is 1.65. The van der Waals surface area contributed by atoms with E-state index < -0.39 is 0 Å². The minimum Gasteiger partial charge on any atom is -0.455 e. The van der Waals surface area contributed by atoms with E-state index >= 15 is 0 Å². The Labute approximate surface area is 310 Å². The Balaban J connectivity index is 1.06. The zero-order valence-electron chi connectivity index (χ0n) is 29.0. The summed E-state index contributed by atoms with van der Waals surface area (Å²) in [4.78, 5) is 18.4. The molecular formula is C49H30N4O. The molecule has 3 aliphatic rings. The number of rotatable bonds is 3. The monoisotopic (exact) mass is 690 g/mol. The van der Waals surface area contributed by atoms with Crippen molar-refractivity contribution in [1.82, 2.24) is 14.9 Å². The van der Waals surface area contributed by atoms with Crippen molar-refractivity contribution in [3.05, 3.63) is 179 Å². The first-order valence-corrected chi connectivity index (χ1v) is 18.4. The molecule has 0 bridgehead atoms. The zero-order chi connectivity index (χ0) is 35.3. The van der Waals surface area contributed by atoms with E-state index in [0.717, 1.165) is 66.3 Å². The number of amidine groups is 1. The number of hydrogen-bond donors (Lipinski definition) is 0. The lowest BCUT2D eigenvalue weighted by molar-refractivity contribution is 0.411. The minimum atomic E-state index is -0.0405. The zero-order valence-corrected chi connectivity index (χ0v) is 29.0. The Morgan fingerprint density at radius 1 is 0.519 bits per heavy atom. The Bertz CT molecular complexity index is 3100. The van der Waals surface area contributed by atoms with Crippen LogP contribution in [-0.2, 0) is 0 Å². The summed E-state index contributed by atoms with van der Waals surface area (Å²) >= 11 is 0. The molecule has 0 saturated heterocycles. The molecular weight excluding hydrogens is 661 g/mol. The highest BCUT2D eigenvalue weighted by molar-refractivity contribution is 6.14. The lowest BCUT2D eigenvalue weighted by Crippen LogP contribution is -2.37. The van der Waals surface area contributed by atoms with Gasteiger partial charge in [-0.1, -0.05) is 140 Å². The number of fused-ring (bicyclic) bond motifs is 13. The van der Waals surface area contributed by atoms with Gasteiger partial charge in [0.05, 0.1) is 17.4 Å². The molecule has 0 saturated carbocycles. The highest BCUT2D eigenvalue weighted by Gasteiger charge is 2.43. The molecule has 2 atom stereocenters. The van der Waals surface area contributed by atoms with Crippen molar-refractivity contribution in [2.24, 2.45) is 4.99 Å². The molecule has 5 heteroatoms. The Morgan fingerprint density at radius 2 is 1.15 bits per heavy atom. The van der Waals surface area contributed by atoms with Gasteiger partial charge in [-0.2, -0.15) is 0 Å². The summed E-state index contributed by atoms with van der Waals surface area (Å²) in [5.41, 5.74) is 11.5. The van der Waals surface area contributed by atoms with Gasteiger partial charge in [0.1, 0.15) is 17.5 Å². The molecule has 0 amide bonds. The van der Waals surface area contributed by atoms with Crippen LogP contribution in [0.2, 0.25) is 0 Å². The van der Waals surface area contributed by atoms with Gasteiger partial charge in [-0.3, -0.25) is 4.99 Å². The maximum absolute atomic E-state index is 6.36. The normalized spacial score (nSPS) is 16.5. The number of furan rings is 1. The van der Waals surface area contributed by atoms with Crippen molar-refractivity contribution < 1.29 is 4.42 Å². The van der Waals surface area contributed by atoms with Crippen LogP contribution in [0.3, 0.4) is 0 Å². The van der Waals surface area contributed by atoms with E-state index in [9.17, 15) is 0 Å². The van der Waals surface area contributed by atoms with E-state index in [2.05, 4.69) is 163 Å². The van der Waals surface area contributed by atoms with E-state index in [1.807, 2.05) is 12.1 Å². The van der Waals surface area contributed by atoms with Gasteiger partial charge in [-0.25, -0.2) is 9.97 Å². The summed E-state index contributed by atoms with van der Waals surface area (Å²) in [7, 11) is 0. The van der Waals surface area contributed by atoms with Crippen molar-refractivity contribution in [3.63, 3.8) is 0 Å². The molecule has 12 rings (SSSR count).